The Morgan fingerprint density at radius 1 is 0.611 bits per heavy atom. The number of nitrogens with zero attached hydrogens (tertiary/aromatic N) is 4. The van der Waals surface area contributed by atoms with Gasteiger partial charge in [-0.05, 0) is 37.5 Å². The van der Waals surface area contributed by atoms with Crippen molar-refractivity contribution in [2.45, 2.75) is 25.7 Å². The van der Waals surface area contributed by atoms with Gasteiger partial charge >= 0.3 is 0 Å². The third-order valence-corrected chi connectivity index (χ3v) is 4.97. The van der Waals surface area contributed by atoms with Crippen molar-refractivity contribution in [3.05, 3.63) is 0 Å². The third-order valence-electron chi connectivity index (χ3n) is 4.97. The van der Waals surface area contributed by atoms with Crippen molar-refractivity contribution in [1.82, 2.24) is 0 Å². The first-order chi connectivity index (χ1) is 8.70. The highest BCUT2D eigenvalue weighted by atomic mass is 14.8. The maximum Gasteiger partial charge on any atom is 0.179 e. The van der Waals surface area contributed by atoms with E-state index in [-0.39, 0.29) is 11.8 Å². The molecule has 18 heavy (non-hydrogen) atoms. The van der Waals surface area contributed by atoms with Crippen LogP contribution in [0.4, 0.5) is 0 Å². The highest BCUT2D eigenvalue weighted by molar-refractivity contribution is 5.46. The van der Waals surface area contributed by atoms with Crippen LogP contribution in [0.5, 0.6) is 0 Å². The van der Waals surface area contributed by atoms with Gasteiger partial charge in [0.1, 0.15) is 0 Å². The molecule has 0 radical (unpaired) electrons. The van der Waals surface area contributed by atoms with Crippen molar-refractivity contribution < 1.29 is 0 Å². The van der Waals surface area contributed by atoms with Crippen LogP contribution in [0.1, 0.15) is 25.7 Å². The zero-order valence-electron chi connectivity index (χ0n) is 9.93. The van der Waals surface area contributed by atoms with Gasteiger partial charge in [0, 0.05) is 11.8 Å². The van der Waals surface area contributed by atoms with Crippen molar-refractivity contribution in [3.8, 4) is 24.3 Å². The quantitative estimate of drug-likeness (QED) is 0.733. The van der Waals surface area contributed by atoms with E-state index in [4.69, 9.17) is 0 Å². The summed E-state index contributed by atoms with van der Waals surface area (Å²) in [6.45, 7) is 0. The molecule has 0 amide bonds. The minimum absolute atomic E-state index is 0.0562. The summed E-state index contributed by atoms with van der Waals surface area (Å²) in [7, 11) is 0. The van der Waals surface area contributed by atoms with Gasteiger partial charge in [-0.3, -0.25) is 0 Å². The first-order valence-corrected chi connectivity index (χ1v) is 6.35. The lowest BCUT2D eigenvalue weighted by Gasteiger charge is -2.56. The molecule has 0 N–H and O–H groups in total. The van der Waals surface area contributed by atoms with Gasteiger partial charge in [-0.15, -0.1) is 0 Å². The Labute approximate surface area is 106 Å². The molecule has 0 bridgehead atoms. The van der Waals surface area contributed by atoms with Crippen LogP contribution in [-0.4, -0.2) is 0 Å². The molecule has 3 rings (SSSR count). The number of hydrogen-bond donors (Lipinski definition) is 0. The van der Waals surface area contributed by atoms with Crippen LogP contribution in [-0.2, 0) is 0 Å². The van der Waals surface area contributed by atoms with Crippen LogP contribution < -0.4 is 0 Å². The van der Waals surface area contributed by atoms with E-state index in [2.05, 4.69) is 0 Å². The van der Waals surface area contributed by atoms with Crippen LogP contribution in [0.3, 0.4) is 0 Å². The maximum atomic E-state index is 9.43. The van der Waals surface area contributed by atoms with Crippen LogP contribution >= 0.6 is 0 Å². The average molecular weight is 236 g/mol. The molecular weight excluding hydrogens is 224 g/mol. The summed E-state index contributed by atoms with van der Waals surface area (Å²) >= 11 is 0. The number of rotatable bonds is 2. The number of hydrogen-bond acceptors (Lipinski definition) is 4. The molecular formula is C14H12N4. The predicted octanol–water partition coefficient (Wildman–Crippen LogP) is 2.12. The summed E-state index contributed by atoms with van der Waals surface area (Å²) in [5.74, 6) is 0.646. The van der Waals surface area contributed by atoms with Gasteiger partial charge in [-0.25, -0.2) is 0 Å². The first-order valence-electron chi connectivity index (χ1n) is 6.35. The Hall–Kier alpha value is -2.04. The monoisotopic (exact) mass is 236 g/mol. The van der Waals surface area contributed by atoms with Gasteiger partial charge in [0.2, 0.25) is 0 Å². The molecule has 3 aliphatic rings. The third kappa shape index (κ3) is 0.978. The van der Waals surface area contributed by atoms with Gasteiger partial charge < -0.3 is 0 Å². The van der Waals surface area contributed by atoms with E-state index in [0.29, 0.717) is 11.8 Å². The highest BCUT2D eigenvalue weighted by Crippen LogP contribution is 2.74. The van der Waals surface area contributed by atoms with E-state index in [1.54, 1.807) is 0 Å². The average Bonchev–Trinajstić information content (AvgIpc) is 3.25. The molecule has 0 aromatic heterocycles. The van der Waals surface area contributed by atoms with Gasteiger partial charge in [-0.1, -0.05) is 0 Å². The SMILES string of the molecule is N#CC1(C#N)[C@H](C2CC2)[C@H](C2CC2)C1(C#N)C#N. The van der Waals surface area contributed by atoms with Crippen LogP contribution in [0.2, 0.25) is 0 Å². The van der Waals surface area contributed by atoms with Crippen LogP contribution in [0.15, 0.2) is 0 Å². The summed E-state index contributed by atoms with van der Waals surface area (Å²) in [4.78, 5) is 0. The largest absolute Gasteiger partial charge is 0.196 e. The lowest BCUT2D eigenvalue weighted by atomic mass is 9.37. The van der Waals surface area contributed by atoms with Crippen molar-refractivity contribution in [3.63, 3.8) is 0 Å². The minimum Gasteiger partial charge on any atom is -0.196 e. The molecule has 0 aromatic rings. The van der Waals surface area contributed by atoms with Crippen LogP contribution in [0.25, 0.3) is 0 Å². The highest BCUT2D eigenvalue weighted by Gasteiger charge is 2.79. The minimum atomic E-state index is -1.40. The molecule has 3 saturated carbocycles. The second-order valence-corrected chi connectivity index (χ2v) is 5.79. The summed E-state index contributed by atoms with van der Waals surface area (Å²) < 4.78 is 0. The normalized spacial score (nSPS) is 35.1. The fourth-order valence-electron chi connectivity index (χ4n) is 3.87. The van der Waals surface area contributed by atoms with E-state index in [0.717, 1.165) is 25.7 Å². The predicted molar refractivity (Wildman–Crippen MR) is 59.7 cm³/mol. The molecule has 88 valence electrons. The lowest BCUT2D eigenvalue weighted by molar-refractivity contribution is -0.0842. The van der Waals surface area contributed by atoms with Gasteiger partial charge in [0.05, 0.1) is 24.3 Å². The molecule has 0 heterocycles. The van der Waals surface area contributed by atoms with Crippen molar-refractivity contribution >= 4 is 0 Å². The Kier molecular flexibility index (Phi) is 2.00. The molecule has 2 atom stereocenters. The molecule has 0 aromatic carbocycles. The maximum absolute atomic E-state index is 9.43. The molecule has 3 aliphatic carbocycles. The Morgan fingerprint density at radius 3 is 1.06 bits per heavy atom. The van der Waals surface area contributed by atoms with E-state index < -0.39 is 10.8 Å². The molecule has 4 nitrogen and oxygen atoms in total. The van der Waals surface area contributed by atoms with Crippen molar-refractivity contribution in [2.24, 2.45) is 34.5 Å². The van der Waals surface area contributed by atoms with Gasteiger partial charge in [0.25, 0.3) is 0 Å². The van der Waals surface area contributed by atoms with Gasteiger partial charge in [-0.2, -0.15) is 21.0 Å². The fraction of sp³-hybridized carbons (Fsp3) is 0.714. The summed E-state index contributed by atoms with van der Waals surface area (Å²) in [5.41, 5.74) is -2.80. The first kappa shape index (κ1) is 11.1. The van der Waals surface area contributed by atoms with E-state index >= 15 is 0 Å². The molecule has 0 saturated heterocycles. The lowest BCUT2D eigenvalue weighted by Crippen LogP contribution is -2.64. The zero-order chi connectivity index (χ0) is 13.0. The van der Waals surface area contributed by atoms with E-state index in [1.165, 1.54) is 0 Å². The second-order valence-electron chi connectivity index (χ2n) is 5.79. The molecule has 0 aliphatic heterocycles. The Balaban J connectivity index is 2.11. The van der Waals surface area contributed by atoms with Gasteiger partial charge in [0.15, 0.2) is 10.8 Å². The summed E-state index contributed by atoms with van der Waals surface area (Å²) in [6.07, 6.45) is 4.13. The standard InChI is InChI=1S/C14H12N4/c15-5-13(6-16)11(9-1-2-9)12(10-3-4-10)14(13,7-17)8-18/h9-12H,1-4H2/t11-,12+. The smallest absolute Gasteiger partial charge is 0.179 e. The van der Waals surface area contributed by atoms with Crippen LogP contribution in [0, 0.1) is 79.8 Å². The van der Waals surface area contributed by atoms with E-state index in [9.17, 15) is 21.0 Å². The number of nitriles is 4. The second kappa shape index (κ2) is 3.25. The summed E-state index contributed by atoms with van der Waals surface area (Å²) in [5, 5.41) is 37.7. The van der Waals surface area contributed by atoms with Crippen molar-refractivity contribution in [2.75, 3.05) is 0 Å². The summed E-state index contributed by atoms with van der Waals surface area (Å²) in [6, 6.07) is 8.14. The van der Waals surface area contributed by atoms with E-state index in [1.807, 2.05) is 24.3 Å². The van der Waals surface area contributed by atoms with Crippen molar-refractivity contribution in [1.29, 1.82) is 21.0 Å². The zero-order valence-corrected chi connectivity index (χ0v) is 9.93. The Morgan fingerprint density at radius 2 is 0.889 bits per heavy atom. The molecule has 4 heteroatoms. The topological polar surface area (TPSA) is 95.2 Å². The molecule has 0 unspecified atom stereocenters. The molecule has 3 fully saturated rings. The Bertz CT molecular complexity index is 477. The fourth-order valence-corrected chi connectivity index (χ4v) is 3.87. The molecule has 0 spiro atoms.